The third-order valence-electron chi connectivity index (χ3n) is 2.98. The lowest BCUT2D eigenvalue weighted by molar-refractivity contribution is 0.208. The minimum atomic E-state index is -3.37. The summed E-state index contributed by atoms with van der Waals surface area (Å²) in [6, 6.07) is 7.44. The van der Waals surface area contributed by atoms with Gasteiger partial charge in [0.15, 0.2) is 9.84 Å². The number of hydrogen-bond acceptors (Lipinski definition) is 3. The molecule has 0 bridgehead atoms. The second-order valence-electron chi connectivity index (χ2n) is 4.50. The molecule has 0 amide bonds. The van der Waals surface area contributed by atoms with Crippen molar-refractivity contribution >= 4 is 25.8 Å². The molecule has 1 unspecified atom stereocenters. The van der Waals surface area contributed by atoms with Gasteiger partial charge in [0.2, 0.25) is 0 Å². The van der Waals surface area contributed by atoms with E-state index in [0.29, 0.717) is 0 Å². The van der Waals surface area contributed by atoms with E-state index in [2.05, 4.69) is 15.9 Å². The quantitative estimate of drug-likeness (QED) is 0.836. The summed E-state index contributed by atoms with van der Waals surface area (Å²) in [4.78, 5) is 0.0636. The van der Waals surface area contributed by atoms with Gasteiger partial charge in [-0.15, -0.1) is 0 Å². The second kappa shape index (κ2) is 5.82. The van der Waals surface area contributed by atoms with Gasteiger partial charge in [0.05, 0.1) is 14.9 Å². The van der Waals surface area contributed by atoms with E-state index >= 15 is 0 Å². The predicted octanol–water partition coefficient (Wildman–Crippen LogP) is 3.21. The first-order valence-corrected chi connectivity index (χ1v) is 8.51. The molecular formula is C14H11BrF2O3S. The molecule has 3 nitrogen and oxygen atoms in total. The maximum atomic E-state index is 13.9. The smallest absolute Gasteiger partial charge is 0.175 e. The summed E-state index contributed by atoms with van der Waals surface area (Å²) in [6.45, 7) is 0. The lowest BCUT2D eigenvalue weighted by atomic mass is 10.0. The van der Waals surface area contributed by atoms with E-state index in [0.717, 1.165) is 12.3 Å². The molecular weight excluding hydrogens is 366 g/mol. The zero-order chi connectivity index (χ0) is 15.8. The molecule has 0 radical (unpaired) electrons. The fourth-order valence-electron chi connectivity index (χ4n) is 1.86. The van der Waals surface area contributed by atoms with Crippen LogP contribution in [0.3, 0.4) is 0 Å². The molecule has 7 heteroatoms. The second-order valence-corrected chi connectivity index (χ2v) is 7.37. The van der Waals surface area contributed by atoms with E-state index in [-0.39, 0.29) is 14.9 Å². The Bertz CT molecular complexity index is 774. The third-order valence-corrected chi connectivity index (χ3v) is 4.72. The molecule has 1 atom stereocenters. The van der Waals surface area contributed by atoms with Gasteiger partial charge in [-0.25, -0.2) is 17.2 Å². The number of sulfone groups is 1. The molecule has 2 aromatic rings. The Kier molecular flexibility index (Phi) is 4.46. The SMILES string of the molecule is CS(=O)(=O)c1ccc(C(O)c2c(F)ccc(Br)c2F)cc1. The highest BCUT2D eigenvalue weighted by atomic mass is 79.9. The lowest BCUT2D eigenvalue weighted by Crippen LogP contribution is -2.07. The largest absolute Gasteiger partial charge is 0.383 e. The highest BCUT2D eigenvalue weighted by Crippen LogP contribution is 2.31. The minimum Gasteiger partial charge on any atom is -0.383 e. The molecule has 2 rings (SSSR count). The fraction of sp³-hybridized carbons (Fsp3) is 0.143. The Morgan fingerprint density at radius 1 is 1.10 bits per heavy atom. The van der Waals surface area contributed by atoms with Gasteiger partial charge in [-0.1, -0.05) is 12.1 Å². The minimum absolute atomic E-state index is 0.0331. The standard InChI is InChI=1S/C14H11BrF2O3S/c1-21(19,20)9-4-2-8(3-5-9)14(18)12-11(16)7-6-10(15)13(12)17/h2-7,14,18H,1H3. The first-order chi connectivity index (χ1) is 9.71. The van der Waals surface area contributed by atoms with Crippen molar-refractivity contribution in [3.63, 3.8) is 0 Å². The van der Waals surface area contributed by atoms with Crippen molar-refractivity contribution in [2.75, 3.05) is 6.26 Å². The molecule has 0 fully saturated rings. The highest BCUT2D eigenvalue weighted by molar-refractivity contribution is 9.10. The van der Waals surface area contributed by atoms with Gasteiger partial charge in [-0.05, 0) is 45.8 Å². The van der Waals surface area contributed by atoms with Crippen molar-refractivity contribution < 1.29 is 22.3 Å². The predicted molar refractivity (Wildman–Crippen MR) is 77.7 cm³/mol. The van der Waals surface area contributed by atoms with Crippen molar-refractivity contribution in [3.05, 3.63) is 63.6 Å². The monoisotopic (exact) mass is 376 g/mol. The molecule has 112 valence electrons. The maximum absolute atomic E-state index is 13.9. The van der Waals surface area contributed by atoms with Crippen LogP contribution in [0.2, 0.25) is 0 Å². The molecule has 0 aromatic heterocycles. The van der Waals surface area contributed by atoms with Crippen molar-refractivity contribution in [2.24, 2.45) is 0 Å². The van der Waals surface area contributed by atoms with E-state index in [9.17, 15) is 22.3 Å². The van der Waals surface area contributed by atoms with Crippen molar-refractivity contribution in [3.8, 4) is 0 Å². The van der Waals surface area contributed by atoms with E-state index in [1.54, 1.807) is 0 Å². The Balaban J connectivity index is 2.46. The molecule has 0 heterocycles. The van der Waals surface area contributed by atoms with Gasteiger partial charge in [0.1, 0.15) is 17.7 Å². The number of aliphatic hydroxyl groups is 1. The third kappa shape index (κ3) is 3.30. The van der Waals surface area contributed by atoms with E-state index in [1.807, 2.05) is 0 Å². The molecule has 2 aromatic carbocycles. The van der Waals surface area contributed by atoms with Gasteiger partial charge in [-0.3, -0.25) is 0 Å². The van der Waals surface area contributed by atoms with Crippen LogP contribution in [0.25, 0.3) is 0 Å². The van der Waals surface area contributed by atoms with Crippen LogP contribution < -0.4 is 0 Å². The van der Waals surface area contributed by atoms with Gasteiger partial charge < -0.3 is 5.11 Å². The van der Waals surface area contributed by atoms with E-state index in [4.69, 9.17) is 0 Å². The summed E-state index contributed by atoms with van der Waals surface area (Å²) in [5.74, 6) is -1.77. The summed E-state index contributed by atoms with van der Waals surface area (Å²) in [5, 5.41) is 10.1. The molecule has 0 aliphatic rings. The number of rotatable bonds is 3. The Morgan fingerprint density at radius 3 is 2.19 bits per heavy atom. The van der Waals surface area contributed by atoms with Crippen LogP contribution in [0.15, 0.2) is 45.8 Å². The van der Waals surface area contributed by atoms with Crippen LogP contribution >= 0.6 is 15.9 Å². The van der Waals surface area contributed by atoms with Crippen LogP contribution in [0.4, 0.5) is 8.78 Å². The number of halogens is 3. The van der Waals surface area contributed by atoms with Crippen molar-refractivity contribution in [1.82, 2.24) is 0 Å². The molecule has 0 spiro atoms. The van der Waals surface area contributed by atoms with Crippen molar-refractivity contribution in [2.45, 2.75) is 11.0 Å². The summed E-state index contributed by atoms with van der Waals surface area (Å²) >= 11 is 2.93. The van der Waals surface area contributed by atoms with Gasteiger partial charge >= 0.3 is 0 Å². The average Bonchev–Trinajstić information content (AvgIpc) is 2.42. The number of hydrogen-bond donors (Lipinski definition) is 1. The normalized spacial score (nSPS) is 13.2. The Hall–Kier alpha value is -1.31. The van der Waals surface area contributed by atoms with Crippen LogP contribution in [0.1, 0.15) is 17.2 Å². The summed E-state index contributed by atoms with van der Waals surface area (Å²) < 4.78 is 50.4. The first-order valence-electron chi connectivity index (χ1n) is 5.83. The summed E-state index contributed by atoms with van der Waals surface area (Å²) in [6.07, 6.45) is -0.484. The molecule has 21 heavy (non-hydrogen) atoms. The zero-order valence-electron chi connectivity index (χ0n) is 10.8. The highest BCUT2D eigenvalue weighted by Gasteiger charge is 2.22. The summed E-state index contributed by atoms with van der Waals surface area (Å²) in [7, 11) is -3.37. The van der Waals surface area contributed by atoms with Crippen LogP contribution in [0, 0.1) is 11.6 Å². The fourth-order valence-corrected chi connectivity index (χ4v) is 2.83. The topological polar surface area (TPSA) is 54.4 Å². The van der Waals surface area contributed by atoms with Crippen LogP contribution in [0.5, 0.6) is 0 Å². The lowest BCUT2D eigenvalue weighted by Gasteiger charge is -2.14. The molecule has 0 saturated carbocycles. The van der Waals surface area contributed by atoms with Gasteiger partial charge in [-0.2, -0.15) is 0 Å². The van der Waals surface area contributed by atoms with Crippen LogP contribution in [-0.2, 0) is 9.84 Å². The van der Waals surface area contributed by atoms with E-state index < -0.39 is 33.1 Å². The Morgan fingerprint density at radius 2 is 1.67 bits per heavy atom. The van der Waals surface area contributed by atoms with E-state index in [1.165, 1.54) is 30.3 Å². The molecule has 1 N–H and O–H groups in total. The average molecular weight is 377 g/mol. The zero-order valence-corrected chi connectivity index (χ0v) is 13.2. The Labute approximate surface area is 129 Å². The molecule has 0 aliphatic heterocycles. The van der Waals surface area contributed by atoms with Crippen LogP contribution in [-0.4, -0.2) is 19.8 Å². The maximum Gasteiger partial charge on any atom is 0.175 e. The molecule has 0 saturated heterocycles. The summed E-state index contributed by atoms with van der Waals surface area (Å²) in [5.41, 5.74) is -0.296. The number of benzene rings is 2. The van der Waals surface area contributed by atoms with Gasteiger partial charge in [0, 0.05) is 6.26 Å². The number of aliphatic hydroxyl groups excluding tert-OH is 1. The molecule has 0 aliphatic carbocycles. The first kappa shape index (κ1) is 16.1. The van der Waals surface area contributed by atoms with Gasteiger partial charge in [0.25, 0.3) is 0 Å². The van der Waals surface area contributed by atoms with Crippen molar-refractivity contribution in [1.29, 1.82) is 0 Å².